The van der Waals surface area contributed by atoms with Gasteiger partial charge in [-0.3, -0.25) is 19.2 Å². The number of benzene rings is 2. The number of nitriles is 1. The normalized spacial score (nSPS) is 13.5. The molecule has 0 atom stereocenters. The Balaban J connectivity index is 1.75. The van der Waals surface area contributed by atoms with Crippen molar-refractivity contribution in [2.45, 2.75) is 19.4 Å². The van der Waals surface area contributed by atoms with E-state index in [1.807, 2.05) is 30.3 Å². The van der Waals surface area contributed by atoms with E-state index in [4.69, 9.17) is 15.1 Å². The average Bonchev–Trinajstić information content (AvgIpc) is 3.12. The predicted molar refractivity (Wildman–Crippen MR) is 120 cm³/mol. The molecule has 3 aromatic rings. The maximum atomic E-state index is 13.0. The second kappa shape index (κ2) is 9.54. The molecule has 0 radical (unpaired) electrons. The lowest BCUT2D eigenvalue weighted by Gasteiger charge is -2.22. The number of aliphatic hydroxyl groups is 1. The van der Waals surface area contributed by atoms with Crippen molar-refractivity contribution in [1.82, 2.24) is 14.5 Å². The summed E-state index contributed by atoms with van der Waals surface area (Å²) < 4.78 is 7.82. The van der Waals surface area contributed by atoms with Crippen LogP contribution < -0.4 is 9.64 Å². The molecule has 2 aromatic carbocycles. The van der Waals surface area contributed by atoms with Crippen LogP contribution in [-0.2, 0) is 17.8 Å². The van der Waals surface area contributed by atoms with E-state index in [2.05, 4.69) is 11.1 Å². The van der Waals surface area contributed by atoms with Gasteiger partial charge in [0.15, 0.2) is 5.82 Å². The van der Waals surface area contributed by atoms with Crippen LogP contribution in [0.15, 0.2) is 54.6 Å². The zero-order chi connectivity index (χ0) is 23.4. The van der Waals surface area contributed by atoms with Crippen molar-refractivity contribution < 1.29 is 19.4 Å². The third-order valence-corrected chi connectivity index (χ3v) is 5.39. The monoisotopic (exact) mass is 445 g/mol. The van der Waals surface area contributed by atoms with Crippen LogP contribution in [0.4, 0.5) is 10.6 Å². The summed E-state index contributed by atoms with van der Waals surface area (Å²) in [6.45, 7) is 0.408. The van der Waals surface area contributed by atoms with Crippen LogP contribution in [0.3, 0.4) is 0 Å². The fraction of sp³-hybridized carbons (Fsp3) is 0.250. The molecule has 1 aliphatic heterocycles. The number of amides is 3. The molecule has 0 unspecified atom stereocenters. The summed E-state index contributed by atoms with van der Waals surface area (Å²) in [6.07, 6.45) is 0.271. The number of carbonyl (C=O) groups excluding carboxylic acids is 2. The number of hydrogen-bond donors (Lipinski definition) is 1. The Morgan fingerprint density at radius 3 is 2.52 bits per heavy atom. The van der Waals surface area contributed by atoms with E-state index >= 15 is 0 Å². The molecule has 4 rings (SSSR count). The number of aromatic nitrogens is 2. The minimum Gasteiger partial charge on any atom is -0.425 e. The molecule has 3 amide bonds. The van der Waals surface area contributed by atoms with E-state index < -0.39 is 6.03 Å². The first-order chi connectivity index (χ1) is 16.0. The molecule has 0 fully saturated rings. The van der Waals surface area contributed by atoms with Gasteiger partial charge in [0.1, 0.15) is 5.75 Å². The van der Waals surface area contributed by atoms with Gasteiger partial charge in [-0.2, -0.15) is 10.2 Å². The van der Waals surface area contributed by atoms with Gasteiger partial charge in [0.05, 0.1) is 30.3 Å². The first-order valence-corrected chi connectivity index (χ1v) is 10.5. The molecule has 0 aliphatic carbocycles. The number of imidazole rings is 1. The number of fused-ring (bicyclic) bond motifs is 1. The van der Waals surface area contributed by atoms with Crippen molar-refractivity contribution in [3.05, 3.63) is 71.4 Å². The van der Waals surface area contributed by atoms with Crippen LogP contribution in [0.1, 0.15) is 23.2 Å². The number of anilines is 1. The molecule has 0 bridgehead atoms. The van der Waals surface area contributed by atoms with Crippen molar-refractivity contribution in [3.8, 4) is 17.8 Å². The molecular formula is C24H23N5O4. The second-order valence-electron chi connectivity index (χ2n) is 7.62. The standard InChI is InChI=1S/C24H23N5O4/c1-27-22-20(14-21(31)28(24(27)32)12-5-13-30)29(16-18-6-3-2-4-7-18)23(26-22)33-19-10-8-17(15-25)9-11-19/h2-4,6-11,30H,5,12-14,16H2,1H3. The lowest BCUT2D eigenvalue weighted by molar-refractivity contribution is -0.127. The van der Waals surface area contributed by atoms with Crippen LogP contribution in [-0.4, -0.2) is 51.7 Å². The molecule has 9 heteroatoms. The van der Waals surface area contributed by atoms with Crippen LogP contribution in [0.2, 0.25) is 0 Å². The SMILES string of the molecule is CN1C(=O)N(CCCO)C(=O)Cc2c1nc(Oc1ccc(C#N)cc1)n2Cc1ccccc1. The Kier molecular flexibility index (Phi) is 6.38. The van der Waals surface area contributed by atoms with Gasteiger partial charge in [0.25, 0.3) is 0 Å². The Labute approximate surface area is 191 Å². The number of nitrogens with zero attached hydrogens (tertiary/aromatic N) is 5. The van der Waals surface area contributed by atoms with Crippen LogP contribution >= 0.6 is 0 Å². The number of imide groups is 1. The van der Waals surface area contributed by atoms with E-state index in [0.717, 1.165) is 10.5 Å². The molecule has 1 aliphatic rings. The smallest absolute Gasteiger partial charge is 0.332 e. The molecule has 9 nitrogen and oxygen atoms in total. The number of rotatable bonds is 7. The van der Waals surface area contributed by atoms with Gasteiger partial charge in [-0.05, 0) is 36.2 Å². The maximum absolute atomic E-state index is 13.0. The molecule has 1 N–H and O–H groups in total. The topological polar surface area (TPSA) is 112 Å². The fourth-order valence-corrected chi connectivity index (χ4v) is 3.67. The number of carbonyl (C=O) groups is 2. The first kappa shape index (κ1) is 22.0. The summed E-state index contributed by atoms with van der Waals surface area (Å²) >= 11 is 0. The third-order valence-electron chi connectivity index (χ3n) is 5.39. The number of aliphatic hydroxyl groups excluding tert-OH is 1. The zero-order valence-corrected chi connectivity index (χ0v) is 18.1. The highest BCUT2D eigenvalue weighted by atomic mass is 16.5. The Morgan fingerprint density at radius 1 is 1.12 bits per heavy atom. The summed E-state index contributed by atoms with van der Waals surface area (Å²) in [5.41, 5.74) is 2.05. The van der Waals surface area contributed by atoms with E-state index in [0.29, 0.717) is 35.8 Å². The largest absolute Gasteiger partial charge is 0.425 e. The highest BCUT2D eigenvalue weighted by molar-refractivity contribution is 6.05. The van der Waals surface area contributed by atoms with Gasteiger partial charge < -0.3 is 9.84 Å². The van der Waals surface area contributed by atoms with E-state index in [1.165, 1.54) is 4.90 Å². The minimum absolute atomic E-state index is 0.0343. The molecule has 0 saturated carbocycles. The highest BCUT2D eigenvalue weighted by Crippen LogP contribution is 2.32. The van der Waals surface area contributed by atoms with Crippen molar-refractivity contribution in [3.63, 3.8) is 0 Å². The molecule has 33 heavy (non-hydrogen) atoms. The molecule has 0 spiro atoms. The Morgan fingerprint density at radius 2 is 1.85 bits per heavy atom. The Bertz CT molecular complexity index is 1200. The molecule has 1 aromatic heterocycles. The van der Waals surface area contributed by atoms with Gasteiger partial charge in [-0.1, -0.05) is 30.3 Å². The minimum atomic E-state index is -0.499. The zero-order valence-electron chi connectivity index (χ0n) is 18.1. The number of hydrogen-bond acceptors (Lipinski definition) is 6. The first-order valence-electron chi connectivity index (χ1n) is 10.5. The fourth-order valence-electron chi connectivity index (χ4n) is 3.67. The highest BCUT2D eigenvalue weighted by Gasteiger charge is 2.35. The van der Waals surface area contributed by atoms with Gasteiger partial charge in [0, 0.05) is 20.2 Å². The van der Waals surface area contributed by atoms with Crippen LogP contribution in [0, 0.1) is 11.3 Å². The van der Waals surface area contributed by atoms with E-state index in [9.17, 15) is 9.59 Å². The maximum Gasteiger partial charge on any atom is 0.332 e. The van der Waals surface area contributed by atoms with Crippen molar-refractivity contribution in [2.24, 2.45) is 0 Å². The molecule has 168 valence electrons. The summed E-state index contributed by atoms with van der Waals surface area (Å²) in [7, 11) is 1.57. The summed E-state index contributed by atoms with van der Waals surface area (Å²) in [5.74, 6) is 0.464. The van der Waals surface area contributed by atoms with E-state index in [-0.39, 0.29) is 31.5 Å². The van der Waals surface area contributed by atoms with Gasteiger partial charge in [0.2, 0.25) is 5.91 Å². The van der Waals surface area contributed by atoms with Crippen molar-refractivity contribution in [1.29, 1.82) is 5.26 Å². The van der Waals surface area contributed by atoms with E-state index in [1.54, 1.807) is 35.9 Å². The summed E-state index contributed by atoms with van der Waals surface area (Å²) in [5, 5.41) is 18.2. The lowest BCUT2D eigenvalue weighted by Crippen LogP contribution is -2.44. The van der Waals surface area contributed by atoms with Crippen molar-refractivity contribution >= 4 is 17.8 Å². The predicted octanol–water partition coefficient (Wildman–Crippen LogP) is 2.92. The molecular weight excluding hydrogens is 422 g/mol. The number of urea groups is 1. The number of ether oxygens (including phenoxy) is 1. The van der Waals surface area contributed by atoms with Crippen LogP contribution in [0.5, 0.6) is 11.8 Å². The average molecular weight is 445 g/mol. The van der Waals surface area contributed by atoms with Gasteiger partial charge >= 0.3 is 12.0 Å². The lowest BCUT2D eigenvalue weighted by atomic mass is 10.2. The summed E-state index contributed by atoms with van der Waals surface area (Å²) in [4.78, 5) is 33.0. The molecule has 2 heterocycles. The van der Waals surface area contributed by atoms with Gasteiger partial charge in [-0.15, -0.1) is 0 Å². The summed E-state index contributed by atoms with van der Waals surface area (Å²) in [6, 6.07) is 18.1. The van der Waals surface area contributed by atoms with Crippen molar-refractivity contribution in [2.75, 3.05) is 25.1 Å². The second-order valence-corrected chi connectivity index (χ2v) is 7.62. The quantitative estimate of drug-likeness (QED) is 0.599. The van der Waals surface area contributed by atoms with Gasteiger partial charge in [-0.25, -0.2) is 4.79 Å². The molecule has 0 saturated heterocycles. The third kappa shape index (κ3) is 4.56. The Hall–Kier alpha value is -4.16. The van der Waals surface area contributed by atoms with Crippen LogP contribution in [0.25, 0.3) is 0 Å².